The summed E-state index contributed by atoms with van der Waals surface area (Å²) in [5.74, 6) is -0.0330. The summed E-state index contributed by atoms with van der Waals surface area (Å²) in [6.07, 6.45) is 0.324. The van der Waals surface area contributed by atoms with Crippen LogP contribution in [0.1, 0.15) is 32.0 Å². The molecule has 0 bridgehead atoms. The average molecular weight is 274 g/mol. The van der Waals surface area contributed by atoms with Crippen molar-refractivity contribution in [3.8, 4) is 0 Å². The van der Waals surface area contributed by atoms with Crippen LogP contribution in [-0.4, -0.2) is 10.9 Å². The maximum Gasteiger partial charge on any atom is 0.230 e. The number of aromatic nitrogens is 1. The Kier molecular flexibility index (Phi) is 4.00. The lowest BCUT2D eigenvalue weighted by Crippen LogP contribution is -2.15. The van der Waals surface area contributed by atoms with E-state index in [1.807, 2.05) is 17.5 Å². The SMILES string of the molecule is CC(C)(C)c1ccc(NC(=O)Cc2cscn2)cc1. The molecule has 0 aliphatic heterocycles. The summed E-state index contributed by atoms with van der Waals surface area (Å²) in [6.45, 7) is 6.51. The molecule has 4 heteroatoms. The minimum absolute atomic E-state index is 0.0330. The number of carbonyl (C=O) groups excluding carboxylic acids is 1. The Morgan fingerprint density at radius 1 is 1.26 bits per heavy atom. The molecule has 19 heavy (non-hydrogen) atoms. The maximum absolute atomic E-state index is 11.8. The van der Waals surface area contributed by atoms with Gasteiger partial charge in [0.15, 0.2) is 0 Å². The van der Waals surface area contributed by atoms with Gasteiger partial charge in [-0.05, 0) is 23.1 Å². The number of nitrogens with one attached hydrogen (secondary N) is 1. The zero-order valence-corrected chi connectivity index (χ0v) is 12.3. The molecule has 0 fully saturated rings. The van der Waals surface area contributed by atoms with E-state index in [4.69, 9.17) is 0 Å². The quantitative estimate of drug-likeness (QED) is 0.928. The van der Waals surface area contributed by atoms with Crippen LogP contribution in [0.3, 0.4) is 0 Å². The minimum atomic E-state index is -0.0330. The van der Waals surface area contributed by atoms with Crippen molar-refractivity contribution in [2.45, 2.75) is 32.6 Å². The van der Waals surface area contributed by atoms with Gasteiger partial charge in [-0.1, -0.05) is 32.9 Å². The van der Waals surface area contributed by atoms with E-state index in [-0.39, 0.29) is 11.3 Å². The van der Waals surface area contributed by atoms with Crippen LogP contribution in [0.2, 0.25) is 0 Å². The standard InChI is InChI=1S/C15H18N2OS/c1-15(2,3)11-4-6-12(7-5-11)17-14(18)8-13-9-19-10-16-13/h4-7,9-10H,8H2,1-3H3,(H,17,18). The van der Waals surface area contributed by atoms with Crippen molar-refractivity contribution >= 4 is 22.9 Å². The highest BCUT2D eigenvalue weighted by Gasteiger charge is 2.13. The molecule has 3 nitrogen and oxygen atoms in total. The lowest BCUT2D eigenvalue weighted by molar-refractivity contribution is -0.115. The van der Waals surface area contributed by atoms with Crippen molar-refractivity contribution in [1.29, 1.82) is 0 Å². The number of carbonyl (C=O) groups is 1. The number of anilines is 1. The van der Waals surface area contributed by atoms with Crippen molar-refractivity contribution < 1.29 is 4.79 Å². The predicted molar refractivity (Wildman–Crippen MR) is 79.6 cm³/mol. The van der Waals surface area contributed by atoms with E-state index < -0.39 is 0 Å². The van der Waals surface area contributed by atoms with Crippen molar-refractivity contribution in [3.63, 3.8) is 0 Å². The van der Waals surface area contributed by atoms with Gasteiger partial charge in [-0.25, -0.2) is 4.98 Å². The molecule has 1 N–H and O–H groups in total. The first-order valence-corrected chi connectivity index (χ1v) is 7.17. The maximum atomic E-state index is 11.8. The van der Waals surface area contributed by atoms with Gasteiger partial charge in [0.05, 0.1) is 17.6 Å². The molecule has 0 radical (unpaired) electrons. The summed E-state index contributed by atoms with van der Waals surface area (Å²) in [4.78, 5) is 15.9. The number of hydrogen-bond donors (Lipinski definition) is 1. The summed E-state index contributed by atoms with van der Waals surface area (Å²) >= 11 is 1.50. The van der Waals surface area contributed by atoms with Gasteiger partial charge in [0.2, 0.25) is 5.91 Å². The van der Waals surface area contributed by atoms with Crippen LogP contribution in [0.4, 0.5) is 5.69 Å². The highest BCUT2D eigenvalue weighted by atomic mass is 32.1. The number of benzene rings is 1. The van der Waals surface area contributed by atoms with Crippen molar-refractivity contribution in [3.05, 3.63) is 46.4 Å². The van der Waals surface area contributed by atoms with Gasteiger partial charge in [-0.2, -0.15) is 0 Å². The van der Waals surface area contributed by atoms with Crippen LogP contribution in [-0.2, 0) is 16.6 Å². The Bertz CT molecular complexity index is 539. The molecule has 0 aliphatic rings. The molecule has 0 spiro atoms. The zero-order valence-electron chi connectivity index (χ0n) is 11.4. The van der Waals surface area contributed by atoms with Crippen LogP contribution in [0.25, 0.3) is 0 Å². The van der Waals surface area contributed by atoms with Gasteiger partial charge in [-0.3, -0.25) is 4.79 Å². The van der Waals surface area contributed by atoms with Gasteiger partial charge in [0.25, 0.3) is 0 Å². The second-order valence-corrected chi connectivity index (χ2v) is 6.25. The van der Waals surface area contributed by atoms with Gasteiger partial charge >= 0.3 is 0 Å². The van der Waals surface area contributed by atoms with E-state index in [9.17, 15) is 4.79 Å². The van der Waals surface area contributed by atoms with Crippen molar-refractivity contribution in [1.82, 2.24) is 4.98 Å². The van der Waals surface area contributed by atoms with Gasteiger partial charge in [0, 0.05) is 11.1 Å². The largest absolute Gasteiger partial charge is 0.326 e. The third kappa shape index (κ3) is 3.89. The normalized spacial score (nSPS) is 11.3. The summed E-state index contributed by atoms with van der Waals surface area (Å²) in [6, 6.07) is 8.00. The molecule has 2 rings (SSSR count). The summed E-state index contributed by atoms with van der Waals surface area (Å²) in [5.41, 5.74) is 4.76. The highest BCUT2D eigenvalue weighted by Crippen LogP contribution is 2.23. The molecule has 2 aromatic rings. The smallest absolute Gasteiger partial charge is 0.230 e. The van der Waals surface area contributed by atoms with Gasteiger partial charge in [0.1, 0.15) is 0 Å². The molecular formula is C15H18N2OS. The number of thiazole rings is 1. The summed E-state index contributed by atoms with van der Waals surface area (Å²) < 4.78 is 0. The number of amides is 1. The second kappa shape index (κ2) is 5.53. The third-order valence-electron chi connectivity index (χ3n) is 2.86. The fraction of sp³-hybridized carbons (Fsp3) is 0.333. The van der Waals surface area contributed by atoms with Gasteiger partial charge < -0.3 is 5.32 Å². The lowest BCUT2D eigenvalue weighted by Gasteiger charge is -2.19. The Hall–Kier alpha value is -1.68. The number of hydrogen-bond acceptors (Lipinski definition) is 3. The van der Waals surface area contributed by atoms with E-state index in [0.717, 1.165) is 11.4 Å². The van der Waals surface area contributed by atoms with Crippen LogP contribution in [0.15, 0.2) is 35.2 Å². The molecule has 0 aliphatic carbocycles. The van der Waals surface area contributed by atoms with Crippen molar-refractivity contribution in [2.24, 2.45) is 0 Å². The monoisotopic (exact) mass is 274 g/mol. The third-order valence-corrected chi connectivity index (χ3v) is 3.50. The predicted octanol–water partition coefficient (Wildman–Crippen LogP) is 3.62. The first-order valence-electron chi connectivity index (χ1n) is 6.22. The Balaban J connectivity index is 1.98. The molecular weight excluding hydrogens is 256 g/mol. The lowest BCUT2D eigenvalue weighted by atomic mass is 9.87. The van der Waals surface area contributed by atoms with E-state index in [1.165, 1.54) is 16.9 Å². The van der Waals surface area contributed by atoms with Crippen LogP contribution < -0.4 is 5.32 Å². The molecule has 100 valence electrons. The molecule has 1 heterocycles. The van der Waals surface area contributed by atoms with E-state index in [0.29, 0.717) is 6.42 Å². The van der Waals surface area contributed by atoms with E-state index in [2.05, 4.69) is 43.2 Å². The fourth-order valence-corrected chi connectivity index (χ4v) is 2.31. The van der Waals surface area contributed by atoms with Crippen LogP contribution in [0, 0.1) is 0 Å². The van der Waals surface area contributed by atoms with Crippen LogP contribution in [0.5, 0.6) is 0 Å². The Morgan fingerprint density at radius 2 is 1.95 bits per heavy atom. The molecule has 0 saturated carbocycles. The molecule has 1 aromatic carbocycles. The topological polar surface area (TPSA) is 42.0 Å². The molecule has 0 unspecified atom stereocenters. The Labute approximate surface area is 117 Å². The first-order chi connectivity index (χ1) is 8.95. The number of rotatable bonds is 3. The minimum Gasteiger partial charge on any atom is -0.326 e. The molecule has 0 saturated heterocycles. The van der Waals surface area contributed by atoms with Crippen LogP contribution >= 0.6 is 11.3 Å². The first kappa shape index (κ1) is 13.7. The second-order valence-electron chi connectivity index (χ2n) is 5.53. The molecule has 1 aromatic heterocycles. The zero-order chi connectivity index (χ0) is 13.9. The summed E-state index contributed by atoms with van der Waals surface area (Å²) in [7, 11) is 0. The van der Waals surface area contributed by atoms with Crippen molar-refractivity contribution in [2.75, 3.05) is 5.32 Å². The Morgan fingerprint density at radius 3 is 2.47 bits per heavy atom. The van der Waals surface area contributed by atoms with Gasteiger partial charge in [-0.15, -0.1) is 11.3 Å². The highest BCUT2D eigenvalue weighted by molar-refractivity contribution is 7.07. The molecule has 0 atom stereocenters. The molecule has 1 amide bonds. The summed E-state index contributed by atoms with van der Waals surface area (Å²) in [5, 5.41) is 4.78. The van der Waals surface area contributed by atoms with E-state index in [1.54, 1.807) is 5.51 Å². The average Bonchev–Trinajstić information content (AvgIpc) is 2.81. The number of nitrogens with zero attached hydrogens (tertiary/aromatic N) is 1. The van der Waals surface area contributed by atoms with E-state index >= 15 is 0 Å². The fourth-order valence-electron chi connectivity index (χ4n) is 1.75.